The molecule has 82 valence electrons. The topological polar surface area (TPSA) is 29.5 Å². The van der Waals surface area contributed by atoms with Gasteiger partial charge in [-0.05, 0) is 40.5 Å². The summed E-state index contributed by atoms with van der Waals surface area (Å²) >= 11 is 3.15. The fourth-order valence-corrected chi connectivity index (χ4v) is 1.91. The molecule has 0 aliphatic heterocycles. The van der Waals surface area contributed by atoms with Crippen LogP contribution in [0.15, 0.2) is 16.6 Å². The van der Waals surface area contributed by atoms with Gasteiger partial charge in [0.2, 0.25) is 0 Å². The minimum Gasteiger partial charge on any atom is -0.274 e. The van der Waals surface area contributed by atoms with Gasteiger partial charge in [-0.25, -0.2) is 9.45 Å². The molecule has 5 heteroatoms. The van der Waals surface area contributed by atoms with E-state index in [1.807, 2.05) is 0 Å². The summed E-state index contributed by atoms with van der Waals surface area (Å²) < 4.78 is 13.4. The first-order chi connectivity index (χ1) is 6.97. The molecule has 0 fully saturated rings. The van der Waals surface area contributed by atoms with Crippen molar-refractivity contribution in [3.05, 3.63) is 33.5 Å². The van der Waals surface area contributed by atoms with E-state index in [4.69, 9.17) is 4.84 Å². The number of carbonyl (C=O) groups is 1. The summed E-state index contributed by atoms with van der Waals surface area (Å²) in [6, 6.07) is 2.56. The Labute approximate surface area is 95.9 Å². The highest BCUT2D eigenvalue weighted by molar-refractivity contribution is 9.10. The van der Waals surface area contributed by atoms with Crippen LogP contribution in [0, 0.1) is 12.7 Å². The molecule has 0 atom stereocenters. The number of aryl methyl sites for hydroxylation is 1. The van der Waals surface area contributed by atoms with Crippen molar-refractivity contribution in [1.82, 2.24) is 5.06 Å². The second kappa shape index (κ2) is 4.72. The summed E-state index contributed by atoms with van der Waals surface area (Å²) in [5, 5.41) is 1.09. The number of halogens is 2. The molecule has 0 saturated heterocycles. The normalized spacial score (nSPS) is 10.2. The van der Waals surface area contributed by atoms with Gasteiger partial charge in [-0.15, -0.1) is 0 Å². The number of nitrogens with zero attached hydrogens (tertiary/aromatic N) is 1. The Balaban J connectivity index is 3.20. The van der Waals surface area contributed by atoms with Gasteiger partial charge in [-0.1, -0.05) is 0 Å². The van der Waals surface area contributed by atoms with Gasteiger partial charge < -0.3 is 0 Å². The summed E-state index contributed by atoms with van der Waals surface area (Å²) in [7, 11) is 2.89. The van der Waals surface area contributed by atoms with Gasteiger partial charge >= 0.3 is 0 Å². The summed E-state index contributed by atoms with van der Waals surface area (Å²) in [4.78, 5) is 16.6. The highest BCUT2D eigenvalue weighted by Crippen LogP contribution is 2.23. The van der Waals surface area contributed by atoms with Crippen LogP contribution in [0.3, 0.4) is 0 Å². The second-order valence-electron chi connectivity index (χ2n) is 3.06. The Morgan fingerprint density at radius 1 is 1.53 bits per heavy atom. The zero-order valence-electron chi connectivity index (χ0n) is 8.67. The molecule has 0 aliphatic carbocycles. The Kier molecular flexibility index (Phi) is 3.82. The third kappa shape index (κ3) is 2.54. The van der Waals surface area contributed by atoms with Crippen LogP contribution in [0.5, 0.6) is 0 Å². The molecular weight excluding hydrogens is 265 g/mol. The molecule has 0 aromatic heterocycles. The molecule has 0 spiro atoms. The van der Waals surface area contributed by atoms with E-state index in [2.05, 4.69) is 15.9 Å². The predicted octanol–water partition coefficient (Wildman–Crippen LogP) is 2.53. The van der Waals surface area contributed by atoms with E-state index in [0.29, 0.717) is 15.6 Å². The van der Waals surface area contributed by atoms with Crippen LogP contribution in [0.2, 0.25) is 0 Å². The van der Waals surface area contributed by atoms with Crippen molar-refractivity contribution in [3.63, 3.8) is 0 Å². The quantitative estimate of drug-likeness (QED) is 0.777. The number of hydrogen-bond donors (Lipinski definition) is 0. The Morgan fingerprint density at radius 2 is 2.13 bits per heavy atom. The lowest BCUT2D eigenvalue weighted by Gasteiger charge is -2.16. The fraction of sp³-hybridized carbons (Fsp3) is 0.300. The predicted molar refractivity (Wildman–Crippen MR) is 57.9 cm³/mol. The Morgan fingerprint density at radius 3 is 2.60 bits per heavy atom. The number of hydroxylamine groups is 2. The van der Waals surface area contributed by atoms with Crippen molar-refractivity contribution in [3.8, 4) is 0 Å². The molecule has 1 amide bonds. The number of rotatable bonds is 2. The van der Waals surface area contributed by atoms with E-state index in [0.717, 1.165) is 5.06 Å². The standard InChI is InChI=1S/C10H11BrFNO2/c1-6-4-7(12)5-8(11)9(6)10(14)13(2)15-3/h4-5H,1-3H3. The summed E-state index contributed by atoms with van der Waals surface area (Å²) in [6.07, 6.45) is 0. The molecule has 1 rings (SSSR count). The first-order valence-corrected chi connectivity index (χ1v) is 5.04. The van der Waals surface area contributed by atoms with E-state index in [1.54, 1.807) is 6.92 Å². The minimum atomic E-state index is -0.379. The number of amides is 1. The summed E-state index contributed by atoms with van der Waals surface area (Å²) in [5.74, 6) is -0.696. The van der Waals surface area contributed by atoms with E-state index in [9.17, 15) is 9.18 Å². The van der Waals surface area contributed by atoms with Gasteiger partial charge in [0, 0.05) is 11.5 Å². The minimum absolute atomic E-state index is 0.318. The SMILES string of the molecule is CON(C)C(=O)c1c(C)cc(F)cc1Br. The van der Waals surface area contributed by atoms with Gasteiger partial charge in [0.25, 0.3) is 5.91 Å². The van der Waals surface area contributed by atoms with Crippen LogP contribution in [0.25, 0.3) is 0 Å². The molecule has 0 bridgehead atoms. The average Bonchev–Trinajstić information content (AvgIpc) is 2.14. The summed E-state index contributed by atoms with van der Waals surface area (Å²) in [6.45, 7) is 1.67. The van der Waals surface area contributed by atoms with Crippen molar-refractivity contribution in [1.29, 1.82) is 0 Å². The molecule has 1 aromatic rings. The zero-order valence-corrected chi connectivity index (χ0v) is 10.3. The molecule has 0 saturated carbocycles. The molecule has 0 N–H and O–H groups in total. The molecule has 0 heterocycles. The molecule has 0 radical (unpaired) electrons. The van der Waals surface area contributed by atoms with E-state index in [1.165, 1.54) is 26.3 Å². The maximum atomic E-state index is 13.0. The van der Waals surface area contributed by atoms with Gasteiger partial charge in [-0.2, -0.15) is 0 Å². The second-order valence-corrected chi connectivity index (χ2v) is 3.92. The number of hydrogen-bond acceptors (Lipinski definition) is 2. The Hall–Kier alpha value is -0.940. The number of benzene rings is 1. The number of carbonyl (C=O) groups excluding carboxylic acids is 1. The lowest BCUT2D eigenvalue weighted by atomic mass is 10.1. The van der Waals surface area contributed by atoms with Crippen molar-refractivity contribution in [2.24, 2.45) is 0 Å². The lowest BCUT2D eigenvalue weighted by molar-refractivity contribution is -0.0758. The van der Waals surface area contributed by atoms with Gasteiger partial charge in [-0.3, -0.25) is 9.63 Å². The van der Waals surface area contributed by atoms with Crippen LogP contribution in [-0.4, -0.2) is 25.1 Å². The van der Waals surface area contributed by atoms with Crippen LogP contribution in [0.4, 0.5) is 4.39 Å². The van der Waals surface area contributed by atoms with E-state index >= 15 is 0 Å². The van der Waals surface area contributed by atoms with Crippen molar-refractivity contribution < 1.29 is 14.0 Å². The maximum absolute atomic E-state index is 13.0. The molecule has 3 nitrogen and oxygen atoms in total. The van der Waals surface area contributed by atoms with Crippen molar-refractivity contribution >= 4 is 21.8 Å². The largest absolute Gasteiger partial charge is 0.278 e. The van der Waals surface area contributed by atoms with Gasteiger partial charge in [0.1, 0.15) is 5.82 Å². The highest BCUT2D eigenvalue weighted by atomic mass is 79.9. The summed E-state index contributed by atoms with van der Waals surface area (Å²) in [5.41, 5.74) is 0.969. The zero-order chi connectivity index (χ0) is 11.6. The smallest absolute Gasteiger partial charge is 0.274 e. The monoisotopic (exact) mass is 275 g/mol. The van der Waals surface area contributed by atoms with Crippen LogP contribution >= 0.6 is 15.9 Å². The van der Waals surface area contributed by atoms with Gasteiger partial charge in [0.15, 0.2) is 0 Å². The van der Waals surface area contributed by atoms with Crippen LogP contribution < -0.4 is 0 Å². The molecule has 15 heavy (non-hydrogen) atoms. The molecular formula is C10H11BrFNO2. The lowest BCUT2D eigenvalue weighted by Crippen LogP contribution is -2.26. The van der Waals surface area contributed by atoms with Crippen molar-refractivity contribution in [2.75, 3.05) is 14.2 Å². The van der Waals surface area contributed by atoms with E-state index in [-0.39, 0.29) is 11.7 Å². The maximum Gasteiger partial charge on any atom is 0.278 e. The third-order valence-electron chi connectivity index (χ3n) is 2.03. The first kappa shape index (κ1) is 12.1. The van der Waals surface area contributed by atoms with Gasteiger partial charge in [0.05, 0.1) is 12.7 Å². The van der Waals surface area contributed by atoms with Crippen LogP contribution in [0.1, 0.15) is 15.9 Å². The van der Waals surface area contributed by atoms with Crippen LogP contribution in [-0.2, 0) is 4.84 Å². The van der Waals surface area contributed by atoms with E-state index < -0.39 is 0 Å². The van der Waals surface area contributed by atoms with Crippen molar-refractivity contribution in [2.45, 2.75) is 6.92 Å². The average molecular weight is 276 g/mol. The molecule has 0 aliphatic rings. The first-order valence-electron chi connectivity index (χ1n) is 4.25. The highest BCUT2D eigenvalue weighted by Gasteiger charge is 2.18. The molecule has 0 unspecified atom stereocenters. The third-order valence-corrected chi connectivity index (χ3v) is 2.65. The Bertz CT molecular complexity index is 372. The molecule has 1 aromatic carbocycles. The fourth-order valence-electron chi connectivity index (χ4n) is 1.21.